The Hall–Kier alpha value is -2.62. The lowest BCUT2D eigenvalue weighted by Crippen LogP contribution is -2.40. The molecule has 0 radical (unpaired) electrons. The van der Waals surface area contributed by atoms with Gasteiger partial charge in [-0.15, -0.1) is 0 Å². The number of aromatic nitrogens is 2. The molecule has 2 aliphatic rings. The first-order chi connectivity index (χ1) is 15.4. The van der Waals surface area contributed by atoms with E-state index in [2.05, 4.69) is 15.3 Å². The van der Waals surface area contributed by atoms with Gasteiger partial charge in [-0.25, -0.2) is 27.1 Å². The fraction of sp³-hybridized carbons (Fsp3) is 0.391. The van der Waals surface area contributed by atoms with Crippen molar-refractivity contribution < 1.29 is 12.8 Å². The van der Waals surface area contributed by atoms with E-state index in [0.717, 1.165) is 25.9 Å². The standard InChI is InChI=1S/C23H28FN5O2S/c1-29(15-16-5-4-10-26-12-16)32(30,31)22-7-3-2-6-20(22)17-8-9-19(21(24)11-17)18-13-27-23(25)28-14-18/h2-3,7-9,11,13-14,16,20,26H,4-6,10,12,15H2,1H3,(H2,25,27,28)/t16-,20?/m1/s1. The minimum absolute atomic E-state index is 0.118. The summed E-state index contributed by atoms with van der Waals surface area (Å²) in [7, 11) is -2.05. The SMILES string of the molecule is CN(C[C@@H]1CCCNC1)S(=O)(=O)C1=CC=CCC1c1ccc(-c2cnc(N)nc2)c(F)c1. The third kappa shape index (κ3) is 4.74. The zero-order valence-electron chi connectivity index (χ0n) is 18.0. The number of hydrogen-bond donors (Lipinski definition) is 2. The number of nitrogens with zero attached hydrogens (tertiary/aromatic N) is 3. The molecular formula is C23H28FN5O2S. The largest absolute Gasteiger partial charge is 0.368 e. The minimum atomic E-state index is -3.68. The average molecular weight is 458 g/mol. The van der Waals surface area contributed by atoms with Gasteiger partial charge in [0.05, 0.1) is 4.91 Å². The summed E-state index contributed by atoms with van der Waals surface area (Å²) in [4.78, 5) is 8.13. The van der Waals surface area contributed by atoms with Crippen LogP contribution in [0.1, 0.15) is 30.7 Å². The summed E-state index contributed by atoms with van der Waals surface area (Å²) in [5.74, 6) is -0.486. The lowest BCUT2D eigenvalue weighted by molar-refractivity contribution is 0.315. The third-order valence-corrected chi connectivity index (χ3v) is 8.10. The smallest absolute Gasteiger partial charge is 0.239 e. The fourth-order valence-corrected chi connectivity index (χ4v) is 5.97. The third-order valence-electron chi connectivity index (χ3n) is 6.11. The van der Waals surface area contributed by atoms with Crippen LogP contribution in [0.15, 0.2) is 53.7 Å². The number of halogens is 1. The molecule has 0 spiro atoms. The van der Waals surface area contributed by atoms with Crippen molar-refractivity contribution in [1.82, 2.24) is 19.6 Å². The van der Waals surface area contributed by atoms with E-state index in [1.54, 1.807) is 31.3 Å². The number of hydrogen-bond acceptors (Lipinski definition) is 6. The second-order valence-electron chi connectivity index (χ2n) is 8.35. The van der Waals surface area contributed by atoms with Crippen LogP contribution in [0.3, 0.4) is 0 Å². The van der Waals surface area contributed by atoms with Gasteiger partial charge in [0, 0.05) is 43.0 Å². The first kappa shape index (κ1) is 22.6. The first-order valence-corrected chi connectivity index (χ1v) is 12.2. The second kappa shape index (κ2) is 9.48. The first-order valence-electron chi connectivity index (χ1n) is 10.8. The van der Waals surface area contributed by atoms with Gasteiger partial charge in [0.1, 0.15) is 5.82 Å². The molecule has 170 valence electrons. The number of nitrogens with one attached hydrogen (secondary N) is 1. The van der Waals surface area contributed by atoms with Crippen LogP contribution in [0.25, 0.3) is 11.1 Å². The van der Waals surface area contributed by atoms with E-state index < -0.39 is 21.8 Å². The number of rotatable bonds is 6. The Kier molecular flexibility index (Phi) is 6.68. The van der Waals surface area contributed by atoms with Gasteiger partial charge < -0.3 is 11.1 Å². The highest BCUT2D eigenvalue weighted by molar-refractivity contribution is 7.93. The maximum atomic E-state index is 15.0. The Morgan fingerprint density at radius 2 is 2.06 bits per heavy atom. The molecule has 1 aromatic heterocycles. The second-order valence-corrected chi connectivity index (χ2v) is 10.4. The van der Waals surface area contributed by atoms with Crippen molar-refractivity contribution in [2.45, 2.75) is 25.2 Å². The fourth-order valence-electron chi connectivity index (χ4n) is 4.36. The minimum Gasteiger partial charge on any atom is -0.368 e. The molecule has 3 N–H and O–H groups in total. The summed E-state index contributed by atoms with van der Waals surface area (Å²) >= 11 is 0. The van der Waals surface area contributed by atoms with Gasteiger partial charge in [-0.3, -0.25) is 0 Å². The van der Waals surface area contributed by atoms with Crippen LogP contribution in [0.2, 0.25) is 0 Å². The van der Waals surface area contributed by atoms with E-state index in [4.69, 9.17) is 5.73 Å². The van der Waals surface area contributed by atoms with Crippen molar-refractivity contribution >= 4 is 16.0 Å². The van der Waals surface area contributed by atoms with Gasteiger partial charge in [0.2, 0.25) is 16.0 Å². The number of piperidine rings is 1. The number of nitrogens with two attached hydrogens (primary N) is 1. The normalized spacial score (nSPS) is 21.5. The Morgan fingerprint density at radius 3 is 2.75 bits per heavy atom. The van der Waals surface area contributed by atoms with Crippen molar-refractivity contribution in [3.63, 3.8) is 0 Å². The highest BCUT2D eigenvalue weighted by atomic mass is 32.2. The summed E-state index contributed by atoms with van der Waals surface area (Å²) in [5.41, 5.74) is 6.98. The van der Waals surface area contributed by atoms with E-state index in [-0.39, 0.29) is 5.95 Å². The molecule has 4 rings (SSSR count). The molecule has 2 aromatic rings. The van der Waals surface area contributed by atoms with Crippen LogP contribution in [-0.4, -0.2) is 49.4 Å². The highest BCUT2D eigenvalue weighted by Gasteiger charge is 2.33. The van der Waals surface area contributed by atoms with Crippen molar-refractivity contribution in [2.24, 2.45) is 5.92 Å². The number of anilines is 1. The molecule has 0 bridgehead atoms. The van der Waals surface area contributed by atoms with Crippen LogP contribution in [-0.2, 0) is 10.0 Å². The van der Waals surface area contributed by atoms with Gasteiger partial charge in [-0.05, 0) is 56.0 Å². The van der Waals surface area contributed by atoms with Gasteiger partial charge >= 0.3 is 0 Å². The molecule has 1 unspecified atom stereocenters. The number of sulfonamides is 1. The maximum absolute atomic E-state index is 15.0. The molecule has 7 nitrogen and oxygen atoms in total. The van der Waals surface area contributed by atoms with Crippen LogP contribution in [0.4, 0.5) is 10.3 Å². The molecular weight excluding hydrogens is 429 g/mol. The number of benzene rings is 1. The summed E-state index contributed by atoms with van der Waals surface area (Å²) in [5, 5.41) is 3.33. The van der Waals surface area contributed by atoms with Crippen LogP contribution >= 0.6 is 0 Å². The van der Waals surface area contributed by atoms with Gasteiger partial charge in [0.15, 0.2) is 0 Å². The molecule has 0 saturated carbocycles. The molecule has 1 saturated heterocycles. The summed E-state index contributed by atoms with van der Waals surface area (Å²) < 4.78 is 43.3. The lowest BCUT2D eigenvalue weighted by atomic mass is 9.91. The zero-order chi connectivity index (χ0) is 22.7. The Morgan fingerprint density at radius 1 is 1.28 bits per heavy atom. The van der Waals surface area contributed by atoms with E-state index in [1.165, 1.54) is 22.8 Å². The zero-order valence-corrected chi connectivity index (χ0v) is 18.9. The van der Waals surface area contributed by atoms with Crippen LogP contribution in [0, 0.1) is 11.7 Å². The van der Waals surface area contributed by atoms with E-state index in [1.807, 2.05) is 6.08 Å². The van der Waals surface area contributed by atoms with Crippen LogP contribution < -0.4 is 11.1 Å². The van der Waals surface area contributed by atoms with Gasteiger partial charge in [-0.2, -0.15) is 0 Å². The molecule has 1 aliphatic heterocycles. The molecule has 1 fully saturated rings. The monoisotopic (exact) mass is 457 g/mol. The van der Waals surface area contributed by atoms with E-state index >= 15 is 0 Å². The van der Waals surface area contributed by atoms with Crippen molar-refractivity contribution in [2.75, 3.05) is 32.4 Å². The predicted octanol–water partition coefficient (Wildman–Crippen LogP) is 3.05. The van der Waals surface area contributed by atoms with Crippen molar-refractivity contribution in [3.8, 4) is 11.1 Å². The molecule has 2 atom stereocenters. The molecule has 2 heterocycles. The lowest BCUT2D eigenvalue weighted by Gasteiger charge is -2.30. The number of nitrogen functional groups attached to an aromatic ring is 1. The Balaban J connectivity index is 1.58. The predicted molar refractivity (Wildman–Crippen MR) is 124 cm³/mol. The van der Waals surface area contributed by atoms with E-state index in [9.17, 15) is 12.8 Å². The van der Waals surface area contributed by atoms with Crippen LogP contribution in [0.5, 0.6) is 0 Å². The number of allylic oxidation sites excluding steroid dienone is 4. The quantitative estimate of drug-likeness (QED) is 0.691. The van der Waals surface area contributed by atoms with E-state index in [0.29, 0.717) is 40.5 Å². The van der Waals surface area contributed by atoms with Gasteiger partial charge in [-0.1, -0.05) is 24.3 Å². The summed E-state index contributed by atoms with van der Waals surface area (Å²) in [6, 6.07) is 4.82. The maximum Gasteiger partial charge on any atom is 0.239 e. The Bertz CT molecular complexity index is 1130. The molecule has 0 amide bonds. The van der Waals surface area contributed by atoms with Gasteiger partial charge in [0.25, 0.3) is 0 Å². The highest BCUT2D eigenvalue weighted by Crippen LogP contribution is 2.37. The van der Waals surface area contributed by atoms with Crippen molar-refractivity contribution in [1.29, 1.82) is 0 Å². The summed E-state index contributed by atoms with van der Waals surface area (Å²) in [6.07, 6.45) is 10.8. The molecule has 1 aromatic carbocycles. The molecule has 9 heteroatoms. The average Bonchev–Trinajstić information content (AvgIpc) is 2.80. The topological polar surface area (TPSA) is 101 Å². The Labute approximate surface area is 188 Å². The molecule has 1 aliphatic carbocycles. The molecule has 32 heavy (non-hydrogen) atoms. The summed E-state index contributed by atoms with van der Waals surface area (Å²) in [6.45, 7) is 2.27. The van der Waals surface area contributed by atoms with Crippen molar-refractivity contribution in [3.05, 3.63) is 65.1 Å².